The van der Waals surface area contributed by atoms with Crippen molar-refractivity contribution in [2.24, 2.45) is 0 Å². The molecule has 1 saturated carbocycles. The van der Waals surface area contributed by atoms with Gasteiger partial charge in [0.2, 0.25) is 15.9 Å². The molecule has 8 heteroatoms. The Morgan fingerprint density at radius 1 is 1.30 bits per heavy atom. The Morgan fingerprint density at radius 3 is 2.57 bits per heavy atom. The van der Waals surface area contributed by atoms with Crippen molar-refractivity contribution in [1.29, 1.82) is 0 Å². The van der Waals surface area contributed by atoms with E-state index in [4.69, 9.17) is 23.2 Å². The number of rotatable bonds is 6. The van der Waals surface area contributed by atoms with Crippen LogP contribution < -0.4 is 9.62 Å². The number of nitrogens with one attached hydrogen (secondary N) is 1. The summed E-state index contributed by atoms with van der Waals surface area (Å²) in [6.45, 7) is 0.0252. The molecule has 2 rings (SSSR count). The van der Waals surface area contributed by atoms with Gasteiger partial charge in [-0.05, 0) is 25.0 Å². The van der Waals surface area contributed by atoms with Gasteiger partial charge in [0, 0.05) is 19.0 Å². The zero-order valence-corrected chi connectivity index (χ0v) is 15.2. The van der Waals surface area contributed by atoms with Gasteiger partial charge in [0.05, 0.1) is 22.0 Å². The van der Waals surface area contributed by atoms with Crippen LogP contribution in [-0.4, -0.2) is 33.2 Å². The first kappa shape index (κ1) is 18.4. The maximum Gasteiger partial charge on any atom is 0.232 e. The third-order valence-electron chi connectivity index (χ3n) is 3.86. The van der Waals surface area contributed by atoms with Gasteiger partial charge in [-0.3, -0.25) is 9.10 Å². The lowest BCUT2D eigenvalue weighted by Gasteiger charge is -2.24. The molecule has 0 bridgehead atoms. The highest BCUT2D eigenvalue weighted by Gasteiger charge is 2.23. The van der Waals surface area contributed by atoms with E-state index in [9.17, 15) is 13.2 Å². The molecular weight excluding hydrogens is 359 g/mol. The van der Waals surface area contributed by atoms with Gasteiger partial charge in [-0.2, -0.15) is 0 Å². The largest absolute Gasteiger partial charge is 0.353 e. The Bertz CT molecular complexity index is 673. The summed E-state index contributed by atoms with van der Waals surface area (Å²) in [5.74, 6) is -0.149. The predicted octanol–water partition coefficient (Wildman–Crippen LogP) is 3.21. The average Bonchev–Trinajstić information content (AvgIpc) is 2.95. The zero-order valence-electron chi connectivity index (χ0n) is 12.9. The molecule has 23 heavy (non-hydrogen) atoms. The summed E-state index contributed by atoms with van der Waals surface area (Å²) < 4.78 is 25.2. The lowest BCUT2D eigenvalue weighted by molar-refractivity contribution is -0.121. The molecule has 0 aromatic heterocycles. The average molecular weight is 379 g/mol. The highest BCUT2D eigenvalue weighted by molar-refractivity contribution is 7.92. The number of anilines is 1. The Kier molecular flexibility index (Phi) is 6.17. The third-order valence-corrected chi connectivity index (χ3v) is 5.85. The first-order valence-electron chi connectivity index (χ1n) is 7.50. The first-order chi connectivity index (χ1) is 10.8. The molecule has 1 aromatic rings. The fraction of sp³-hybridized carbons (Fsp3) is 0.533. The first-order valence-corrected chi connectivity index (χ1v) is 10.1. The highest BCUT2D eigenvalue weighted by Crippen LogP contribution is 2.33. The molecule has 1 aliphatic carbocycles. The standard InChI is InChI=1S/C15H20Cl2N2O3S/c1-23(21,22)19(13-8-4-7-12(16)15(13)17)10-9-14(20)18-11-5-2-3-6-11/h4,7-8,11H,2-3,5-6,9-10H2,1H3,(H,18,20). The summed E-state index contributed by atoms with van der Waals surface area (Å²) in [4.78, 5) is 12.0. The SMILES string of the molecule is CS(=O)(=O)N(CCC(=O)NC1CCCC1)c1cccc(Cl)c1Cl. The minimum absolute atomic E-state index is 0.0252. The van der Waals surface area contributed by atoms with Gasteiger partial charge in [-0.15, -0.1) is 0 Å². The van der Waals surface area contributed by atoms with Crippen molar-refractivity contribution in [3.8, 4) is 0 Å². The topological polar surface area (TPSA) is 66.5 Å². The number of carbonyl (C=O) groups is 1. The molecule has 0 spiro atoms. The minimum atomic E-state index is -3.57. The maximum atomic E-state index is 12.0. The van der Waals surface area contributed by atoms with E-state index in [-0.39, 0.29) is 40.6 Å². The van der Waals surface area contributed by atoms with Crippen molar-refractivity contribution in [3.63, 3.8) is 0 Å². The van der Waals surface area contributed by atoms with Crippen molar-refractivity contribution >= 4 is 44.8 Å². The van der Waals surface area contributed by atoms with E-state index in [0.29, 0.717) is 0 Å². The third kappa shape index (κ3) is 4.99. The molecule has 0 saturated heterocycles. The number of carbonyl (C=O) groups excluding carboxylic acids is 1. The van der Waals surface area contributed by atoms with Crippen LogP contribution in [-0.2, 0) is 14.8 Å². The van der Waals surface area contributed by atoms with Gasteiger partial charge in [-0.1, -0.05) is 42.1 Å². The summed E-state index contributed by atoms with van der Waals surface area (Å²) in [6, 6.07) is 4.99. The van der Waals surface area contributed by atoms with Crippen LogP contribution in [0.15, 0.2) is 18.2 Å². The van der Waals surface area contributed by atoms with Crippen LogP contribution >= 0.6 is 23.2 Å². The van der Waals surface area contributed by atoms with Crippen molar-refractivity contribution in [3.05, 3.63) is 28.2 Å². The molecular formula is C15H20Cl2N2O3S. The fourth-order valence-electron chi connectivity index (χ4n) is 2.72. The Hall–Kier alpha value is -0.980. The summed E-state index contributed by atoms with van der Waals surface area (Å²) in [5.41, 5.74) is 0.287. The minimum Gasteiger partial charge on any atom is -0.353 e. The molecule has 1 aromatic carbocycles. The maximum absolute atomic E-state index is 12.0. The molecule has 0 aliphatic heterocycles. The van der Waals surface area contributed by atoms with Gasteiger partial charge in [0.25, 0.3) is 0 Å². The van der Waals surface area contributed by atoms with Crippen LogP contribution in [0.5, 0.6) is 0 Å². The van der Waals surface area contributed by atoms with E-state index in [2.05, 4.69) is 5.32 Å². The van der Waals surface area contributed by atoms with Crippen molar-refractivity contribution in [2.75, 3.05) is 17.1 Å². The van der Waals surface area contributed by atoms with Crippen LogP contribution in [0.4, 0.5) is 5.69 Å². The molecule has 0 heterocycles. The van der Waals surface area contributed by atoms with E-state index in [0.717, 1.165) is 36.2 Å². The number of hydrogen-bond donors (Lipinski definition) is 1. The van der Waals surface area contributed by atoms with Crippen molar-refractivity contribution < 1.29 is 13.2 Å². The Labute approximate surface area is 147 Å². The number of benzene rings is 1. The molecule has 0 unspecified atom stereocenters. The molecule has 1 fully saturated rings. The van der Waals surface area contributed by atoms with Gasteiger partial charge < -0.3 is 5.32 Å². The second-order valence-corrected chi connectivity index (χ2v) is 8.40. The molecule has 1 N–H and O–H groups in total. The highest BCUT2D eigenvalue weighted by atomic mass is 35.5. The van der Waals surface area contributed by atoms with Gasteiger partial charge in [0.15, 0.2) is 0 Å². The van der Waals surface area contributed by atoms with E-state index in [1.807, 2.05) is 0 Å². The van der Waals surface area contributed by atoms with Crippen molar-refractivity contribution in [2.45, 2.75) is 38.1 Å². The normalized spacial score (nSPS) is 15.6. The van der Waals surface area contributed by atoms with Gasteiger partial charge in [-0.25, -0.2) is 8.42 Å². The van der Waals surface area contributed by atoms with Gasteiger partial charge in [0.1, 0.15) is 0 Å². The second kappa shape index (κ2) is 7.73. The van der Waals surface area contributed by atoms with E-state index >= 15 is 0 Å². The van der Waals surface area contributed by atoms with Crippen LogP contribution in [0.1, 0.15) is 32.1 Å². The lowest BCUT2D eigenvalue weighted by atomic mass is 10.2. The van der Waals surface area contributed by atoms with E-state index in [1.165, 1.54) is 0 Å². The summed E-state index contributed by atoms with van der Waals surface area (Å²) in [7, 11) is -3.57. The molecule has 0 atom stereocenters. The van der Waals surface area contributed by atoms with Crippen LogP contribution in [0.2, 0.25) is 10.0 Å². The smallest absolute Gasteiger partial charge is 0.232 e. The zero-order chi connectivity index (χ0) is 17.0. The number of hydrogen-bond acceptors (Lipinski definition) is 3. The van der Waals surface area contributed by atoms with Gasteiger partial charge >= 0.3 is 0 Å². The predicted molar refractivity (Wildman–Crippen MR) is 93.7 cm³/mol. The molecule has 5 nitrogen and oxygen atoms in total. The molecule has 0 radical (unpaired) electrons. The van der Waals surface area contributed by atoms with E-state index < -0.39 is 10.0 Å². The second-order valence-electron chi connectivity index (χ2n) is 5.71. The van der Waals surface area contributed by atoms with E-state index in [1.54, 1.807) is 18.2 Å². The number of sulfonamides is 1. The molecule has 1 amide bonds. The number of halogens is 2. The number of nitrogens with zero attached hydrogens (tertiary/aromatic N) is 1. The Morgan fingerprint density at radius 2 is 1.96 bits per heavy atom. The van der Waals surface area contributed by atoms with Crippen LogP contribution in [0.3, 0.4) is 0 Å². The van der Waals surface area contributed by atoms with Crippen LogP contribution in [0.25, 0.3) is 0 Å². The summed E-state index contributed by atoms with van der Waals surface area (Å²) >= 11 is 12.1. The monoisotopic (exact) mass is 378 g/mol. The number of amides is 1. The molecule has 1 aliphatic rings. The fourth-order valence-corrected chi connectivity index (χ4v) is 4.10. The van der Waals surface area contributed by atoms with Crippen LogP contribution in [0, 0.1) is 0 Å². The Balaban J connectivity index is 2.08. The summed E-state index contributed by atoms with van der Waals surface area (Å²) in [5, 5.41) is 3.38. The quantitative estimate of drug-likeness (QED) is 0.826. The van der Waals surface area contributed by atoms with Crippen molar-refractivity contribution in [1.82, 2.24) is 5.32 Å². The lowest BCUT2D eigenvalue weighted by Crippen LogP contribution is -2.37. The summed E-state index contributed by atoms with van der Waals surface area (Å²) in [6.07, 6.45) is 5.38. The molecule has 128 valence electrons.